The lowest BCUT2D eigenvalue weighted by molar-refractivity contribution is -0.112. The highest BCUT2D eigenvalue weighted by atomic mass is 35.5. The van der Waals surface area contributed by atoms with Crippen LogP contribution in [-0.2, 0) is 4.79 Å². The average Bonchev–Trinajstić information content (AvgIpc) is 3.26. The van der Waals surface area contributed by atoms with Crippen molar-refractivity contribution in [3.05, 3.63) is 64.4 Å². The summed E-state index contributed by atoms with van der Waals surface area (Å²) < 4.78 is 27.3. The maximum Gasteiger partial charge on any atom is 0.267 e. The van der Waals surface area contributed by atoms with Gasteiger partial charge in [-0.15, -0.1) is 0 Å². The number of nitriles is 1. The molecule has 1 aromatic heterocycles. The third-order valence-electron chi connectivity index (χ3n) is 4.52. The predicted molar refractivity (Wildman–Crippen MR) is 130 cm³/mol. The molecule has 35 heavy (non-hydrogen) atoms. The van der Waals surface area contributed by atoms with Gasteiger partial charge in [0.15, 0.2) is 17.3 Å². The fraction of sp³-hybridized carbons (Fsp3) is 0.240. The molecule has 1 heterocycles. The van der Waals surface area contributed by atoms with E-state index >= 15 is 0 Å². The number of rotatable bonds is 11. The molecule has 10 heteroatoms. The zero-order valence-corrected chi connectivity index (χ0v) is 20.2. The van der Waals surface area contributed by atoms with E-state index in [-0.39, 0.29) is 29.6 Å². The minimum Gasteiger partial charge on any atom is -0.497 e. The van der Waals surface area contributed by atoms with Crippen LogP contribution in [0.4, 0.5) is 5.82 Å². The monoisotopic (exact) mass is 497 g/mol. The lowest BCUT2D eigenvalue weighted by atomic mass is 10.1. The van der Waals surface area contributed by atoms with Crippen LogP contribution in [0.25, 0.3) is 6.08 Å². The molecule has 3 rings (SSSR count). The Morgan fingerprint density at radius 1 is 1.17 bits per heavy atom. The summed E-state index contributed by atoms with van der Waals surface area (Å²) in [5.74, 6) is 2.15. The second kappa shape index (κ2) is 12.3. The number of halogens is 1. The number of aryl methyl sites for hydroxylation is 1. The fourth-order valence-corrected chi connectivity index (χ4v) is 3.27. The van der Waals surface area contributed by atoms with Crippen LogP contribution in [0, 0.1) is 18.3 Å². The number of ether oxygens (including phenoxy) is 4. The van der Waals surface area contributed by atoms with Gasteiger partial charge in [0.05, 0.1) is 18.7 Å². The van der Waals surface area contributed by atoms with Crippen molar-refractivity contribution in [1.82, 2.24) is 5.16 Å². The number of carbonyl (C=O) groups is 1. The summed E-state index contributed by atoms with van der Waals surface area (Å²) in [6.07, 6.45) is 1.40. The lowest BCUT2D eigenvalue weighted by Gasteiger charge is -2.15. The molecule has 0 radical (unpaired) electrons. The van der Waals surface area contributed by atoms with Crippen molar-refractivity contribution in [2.24, 2.45) is 0 Å². The Hall–Kier alpha value is -4.16. The van der Waals surface area contributed by atoms with Gasteiger partial charge >= 0.3 is 0 Å². The zero-order valence-electron chi connectivity index (χ0n) is 19.5. The lowest BCUT2D eigenvalue weighted by Crippen LogP contribution is -2.13. The molecule has 9 nitrogen and oxygen atoms in total. The summed E-state index contributed by atoms with van der Waals surface area (Å²) in [5, 5.41) is 15.9. The second-order valence-electron chi connectivity index (χ2n) is 7.09. The van der Waals surface area contributed by atoms with Gasteiger partial charge in [0.1, 0.15) is 42.1 Å². The fourth-order valence-electron chi connectivity index (χ4n) is 2.99. The van der Waals surface area contributed by atoms with E-state index in [0.29, 0.717) is 40.9 Å². The van der Waals surface area contributed by atoms with Crippen molar-refractivity contribution in [2.45, 2.75) is 13.8 Å². The summed E-state index contributed by atoms with van der Waals surface area (Å²) in [5.41, 5.74) is 0.339. The molecule has 0 aliphatic rings. The van der Waals surface area contributed by atoms with E-state index in [9.17, 15) is 10.1 Å². The van der Waals surface area contributed by atoms with Crippen molar-refractivity contribution in [3.63, 3.8) is 0 Å². The summed E-state index contributed by atoms with van der Waals surface area (Å²) in [6.45, 7) is 4.33. The number of aromatic nitrogens is 1. The van der Waals surface area contributed by atoms with E-state index in [1.54, 1.807) is 38.3 Å². The molecule has 0 unspecified atom stereocenters. The van der Waals surface area contributed by atoms with Crippen LogP contribution in [0.2, 0.25) is 5.02 Å². The van der Waals surface area contributed by atoms with Gasteiger partial charge in [-0.25, -0.2) is 0 Å². The first kappa shape index (κ1) is 25.5. The Balaban J connectivity index is 1.71. The molecule has 0 bridgehead atoms. The molecule has 0 saturated heterocycles. The topological polar surface area (TPSA) is 116 Å². The minimum atomic E-state index is -0.634. The van der Waals surface area contributed by atoms with Crippen molar-refractivity contribution in [2.75, 3.05) is 32.2 Å². The van der Waals surface area contributed by atoms with Gasteiger partial charge in [0.25, 0.3) is 5.91 Å². The van der Waals surface area contributed by atoms with Crippen molar-refractivity contribution < 1.29 is 28.3 Å². The molecule has 1 amide bonds. The summed E-state index contributed by atoms with van der Waals surface area (Å²) >= 11 is 6.45. The highest BCUT2D eigenvalue weighted by Crippen LogP contribution is 2.37. The number of methoxy groups -OCH3 is 1. The van der Waals surface area contributed by atoms with Crippen molar-refractivity contribution >= 4 is 29.4 Å². The molecule has 0 fully saturated rings. The third-order valence-corrected chi connectivity index (χ3v) is 4.80. The number of anilines is 1. The highest BCUT2D eigenvalue weighted by molar-refractivity contribution is 6.32. The largest absolute Gasteiger partial charge is 0.497 e. The summed E-state index contributed by atoms with van der Waals surface area (Å²) in [6, 6.07) is 13.9. The Bertz CT molecular complexity index is 1250. The van der Waals surface area contributed by atoms with E-state index in [1.165, 1.54) is 6.08 Å². The number of nitrogens with one attached hydrogen (secondary N) is 1. The van der Waals surface area contributed by atoms with E-state index in [1.807, 2.05) is 31.2 Å². The first-order valence-electron chi connectivity index (χ1n) is 10.7. The Morgan fingerprint density at radius 2 is 1.94 bits per heavy atom. The van der Waals surface area contributed by atoms with Gasteiger partial charge in [-0.2, -0.15) is 5.26 Å². The molecular formula is C25H24ClN3O6. The Labute approximate surface area is 207 Å². The normalized spacial score (nSPS) is 10.9. The van der Waals surface area contributed by atoms with E-state index in [2.05, 4.69) is 10.5 Å². The molecule has 0 spiro atoms. The smallest absolute Gasteiger partial charge is 0.267 e. The summed E-state index contributed by atoms with van der Waals surface area (Å²) in [7, 11) is 1.59. The Morgan fingerprint density at radius 3 is 2.63 bits per heavy atom. The maximum absolute atomic E-state index is 12.5. The number of nitrogens with zero attached hydrogens (tertiary/aromatic N) is 2. The van der Waals surface area contributed by atoms with Crippen molar-refractivity contribution in [3.8, 4) is 29.1 Å². The minimum absolute atomic E-state index is 0.149. The number of amides is 1. The van der Waals surface area contributed by atoms with Crippen LogP contribution in [0.3, 0.4) is 0 Å². The van der Waals surface area contributed by atoms with E-state index in [0.717, 1.165) is 0 Å². The average molecular weight is 498 g/mol. The molecule has 0 saturated carbocycles. The van der Waals surface area contributed by atoms with E-state index in [4.69, 9.17) is 35.1 Å². The maximum atomic E-state index is 12.5. The molecule has 0 aliphatic heterocycles. The number of hydrogen-bond donors (Lipinski definition) is 1. The van der Waals surface area contributed by atoms with E-state index < -0.39 is 5.91 Å². The molecule has 2 aromatic carbocycles. The van der Waals surface area contributed by atoms with Crippen molar-refractivity contribution in [1.29, 1.82) is 5.26 Å². The molecule has 0 aliphatic carbocycles. The molecule has 0 atom stereocenters. The van der Waals surface area contributed by atoms with Gasteiger partial charge in [0.2, 0.25) is 0 Å². The predicted octanol–water partition coefficient (Wildman–Crippen LogP) is 5.05. The number of hydrogen-bond acceptors (Lipinski definition) is 8. The van der Waals surface area contributed by atoms with Crippen LogP contribution >= 0.6 is 11.6 Å². The quantitative estimate of drug-likeness (QED) is 0.222. The van der Waals surface area contributed by atoms with Crippen LogP contribution < -0.4 is 24.3 Å². The molecular weight excluding hydrogens is 474 g/mol. The molecule has 3 aromatic rings. The first-order chi connectivity index (χ1) is 16.9. The van der Waals surface area contributed by atoms with Gasteiger partial charge < -0.3 is 28.8 Å². The number of benzene rings is 2. The van der Waals surface area contributed by atoms with Gasteiger partial charge in [0, 0.05) is 12.1 Å². The van der Waals surface area contributed by atoms with Gasteiger partial charge in [-0.3, -0.25) is 4.79 Å². The van der Waals surface area contributed by atoms with Gasteiger partial charge in [-0.05, 0) is 49.8 Å². The SMILES string of the molecule is CCOc1cc(/C=C(/C#N)C(=O)Nc2cc(C)on2)cc(Cl)c1OCCOc1cccc(OC)c1. The Kier molecular flexibility index (Phi) is 8.98. The van der Waals surface area contributed by atoms with Crippen LogP contribution in [0.15, 0.2) is 52.6 Å². The first-order valence-corrected chi connectivity index (χ1v) is 11.0. The molecule has 182 valence electrons. The molecule has 1 N–H and O–H groups in total. The van der Waals surface area contributed by atoms with Gasteiger partial charge in [-0.1, -0.05) is 22.8 Å². The summed E-state index contributed by atoms with van der Waals surface area (Å²) in [4.78, 5) is 12.5. The standard InChI is InChI=1S/C25H24ClN3O6/c1-4-32-22-13-17(11-18(15-27)25(30)28-23-10-16(2)35-29-23)12-21(26)24(22)34-9-8-33-20-7-5-6-19(14-20)31-3/h5-7,10-14H,4,8-9H2,1-3H3,(H,28,29,30)/b18-11-. The highest BCUT2D eigenvalue weighted by Gasteiger charge is 2.16. The zero-order chi connectivity index (χ0) is 25.2. The second-order valence-corrected chi connectivity index (χ2v) is 7.49. The van der Waals surface area contributed by atoms with Crippen LogP contribution in [0.1, 0.15) is 18.2 Å². The third kappa shape index (κ3) is 7.16. The number of carbonyl (C=O) groups excluding carboxylic acids is 1. The van der Waals surface area contributed by atoms with Crippen LogP contribution in [0.5, 0.6) is 23.0 Å². The van der Waals surface area contributed by atoms with Crippen LogP contribution in [-0.4, -0.2) is 38.0 Å².